The molecule has 1 amide bonds. The number of benzene rings is 1. The molecule has 0 unspecified atom stereocenters. The molecule has 0 aliphatic carbocycles. The van der Waals surface area contributed by atoms with E-state index in [2.05, 4.69) is 31.8 Å². The molecule has 0 atom stereocenters. The van der Waals surface area contributed by atoms with Crippen LogP contribution in [0.4, 0.5) is 5.69 Å². The van der Waals surface area contributed by atoms with Crippen molar-refractivity contribution in [1.29, 1.82) is 0 Å². The number of ether oxygens (including phenoxy) is 1. The van der Waals surface area contributed by atoms with Crippen LogP contribution in [0.1, 0.15) is 11.8 Å². The van der Waals surface area contributed by atoms with Gasteiger partial charge in [-0.25, -0.2) is 5.43 Å². The first-order valence-corrected chi connectivity index (χ1v) is 8.16. The van der Waals surface area contributed by atoms with Crippen molar-refractivity contribution in [3.8, 4) is 5.75 Å². The van der Waals surface area contributed by atoms with Crippen molar-refractivity contribution in [2.24, 2.45) is 5.10 Å². The van der Waals surface area contributed by atoms with Gasteiger partial charge in [0, 0.05) is 11.8 Å². The third-order valence-corrected chi connectivity index (χ3v) is 4.53. The highest BCUT2D eigenvalue weighted by Gasteiger charge is 2.04. The van der Waals surface area contributed by atoms with Gasteiger partial charge in [0.1, 0.15) is 5.75 Å². The van der Waals surface area contributed by atoms with Crippen LogP contribution in [0.5, 0.6) is 5.75 Å². The second-order valence-corrected chi connectivity index (χ2v) is 6.88. The molecule has 0 saturated heterocycles. The van der Waals surface area contributed by atoms with E-state index in [1.807, 2.05) is 43.3 Å². The third kappa shape index (κ3) is 4.85. The van der Waals surface area contributed by atoms with Gasteiger partial charge in [0.2, 0.25) is 0 Å². The molecule has 1 aromatic heterocycles. The highest BCUT2D eigenvalue weighted by Crippen LogP contribution is 2.22. The normalized spacial score (nSPS) is 11.1. The summed E-state index contributed by atoms with van der Waals surface area (Å²) in [6.45, 7) is 1.99. The van der Waals surface area contributed by atoms with Crippen LogP contribution in [-0.4, -0.2) is 25.3 Å². The fourth-order valence-electron chi connectivity index (χ4n) is 1.66. The lowest BCUT2D eigenvalue weighted by molar-refractivity contribution is -0.119. The smallest absolute Gasteiger partial charge is 0.259 e. The Hall–Kier alpha value is -1.86. The Morgan fingerprint density at radius 3 is 2.86 bits per heavy atom. The zero-order valence-corrected chi connectivity index (χ0v) is 14.6. The van der Waals surface area contributed by atoms with Crippen molar-refractivity contribution in [2.45, 2.75) is 6.92 Å². The molecule has 1 heterocycles. The van der Waals surface area contributed by atoms with E-state index in [0.717, 1.165) is 25.8 Å². The van der Waals surface area contributed by atoms with E-state index in [1.54, 1.807) is 18.4 Å². The summed E-state index contributed by atoms with van der Waals surface area (Å²) in [5.41, 5.74) is 4.12. The van der Waals surface area contributed by atoms with E-state index in [9.17, 15) is 4.79 Å². The molecule has 0 radical (unpaired) electrons. The number of halogens is 1. The number of carbonyl (C=O) groups is 1. The number of hydrazone groups is 1. The fraction of sp³-hybridized carbons (Fsp3) is 0.200. The van der Waals surface area contributed by atoms with Gasteiger partial charge in [-0.1, -0.05) is 6.07 Å². The molecule has 0 aliphatic heterocycles. The van der Waals surface area contributed by atoms with Crippen molar-refractivity contribution in [3.63, 3.8) is 0 Å². The summed E-state index contributed by atoms with van der Waals surface area (Å²) >= 11 is 4.97. The molecular formula is C15H16BrN3O2S. The van der Waals surface area contributed by atoms with Crippen LogP contribution in [-0.2, 0) is 4.79 Å². The minimum Gasteiger partial charge on any atom is -0.497 e. The molecule has 2 rings (SSSR count). The van der Waals surface area contributed by atoms with Gasteiger partial charge in [-0.05, 0) is 47.1 Å². The van der Waals surface area contributed by atoms with Crippen LogP contribution in [0.3, 0.4) is 0 Å². The zero-order valence-electron chi connectivity index (χ0n) is 12.2. The lowest BCUT2D eigenvalue weighted by atomic mass is 10.3. The third-order valence-electron chi connectivity index (χ3n) is 2.80. The molecule has 0 fully saturated rings. The Balaban J connectivity index is 1.85. The fourth-order valence-corrected chi connectivity index (χ4v) is 3.00. The maximum atomic E-state index is 11.8. The second-order valence-electron chi connectivity index (χ2n) is 4.42. The molecule has 2 aromatic rings. The quantitative estimate of drug-likeness (QED) is 0.594. The summed E-state index contributed by atoms with van der Waals surface area (Å²) < 4.78 is 6.16. The Morgan fingerprint density at radius 1 is 1.36 bits per heavy atom. The average molecular weight is 382 g/mol. The Labute approximate surface area is 141 Å². The summed E-state index contributed by atoms with van der Waals surface area (Å²) in [5, 5.41) is 7.12. The van der Waals surface area contributed by atoms with E-state index in [-0.39, 0.29) is 12.5 Å². The monoisotopic (exact) mass is 381 g/mol. The number of nitrogens with zero attached hydrogens (tertiary/aromatic N) is 1. The molecule has 0 spiro atoms. The molecule has 0 saturated carbocycles. The van der Waals surface area contributed by atoms with Crippen LogP contribution in [0.25, 0.3) is 0 Å². The largest absolute Gasteiger partial charge is 0.497 e. The Kier molecular flexibility index (Phi) is 5.97. The van der Waals surface area contributed by atoms with Crippen molar-refractivity contribution in [2.75, 3.05) is 19.0 Å². The van der Waals surface area contributed by atoms with Gasteiger partial charge in [0.15, 0.2) is 0 Å². The van der Waals surface area contributed by atoms with Gasteiger partial charge in [0.05, 0.1) is 28.0 Å². The molecule has 7 heteroatoms. The van der Waals surface area contributed by atoms with Crippen molar-refractivity contribution in [3.05, 3.63) is 45.1 Å². The predicted molar refractivity (Wildman–Crippen MR) is 93.9 cm³/mol. The maximum absolute atomic E-state index is 11.8. The summed E-state index contributed by atoms with van der Waals surface area (Å²) in [7, 11) is 1.60. The summed E-state index contributed by atoms with van der Waals surface area (Å²) in [6.07, 6.45) is 0. The molecule has 1 aromatic carbocycles. The minimum atomic E-state index is -0.210. The first kappa shape index (κ1) is 16.5. The highest BCUT2D eigenvalue weighted by atomic mass is 79.9. The van der Waals surface area contributed by atoms with Gasteiger partial charge in [-0.2, -0.15) is 5.10 Å². The summed E-state index contributed by atoms with van der Waals surface area (Å²) in [5.74, 6) is 0.528. The van der Waals surface area contributed by atoms with E-state index in [1.165, 1.54) is 0 Å². The maximum Gasteiger partial charge on any atom is 0.259 e. The van der Waals surface area contributed by atoms with Gasteiger partial charge >= 0.3 is 0 Å². The Bertz CT molecular complexity index is 685. The molecule has 2 N–H and O–H groups in total. The standard InChI is InChI=1S/C15H16BrN3O2S/c1-10(13-6-7-14(16)22-13)18-19-15(20)9-17-11-4-3-5-12(8-11)21-2/h3-8,17H,9H2,1-2H3,(H,19,20)/b18-10-. The van der Waals surface area contributed by atoms with E-state index >= 15 is 0 Å². The summed E-state index contributed by atoms with van der Waals surface area (Å²) in [6, 6.07) is 11.3. The number of anilines is 1. The minimum absolute atomic E-state index is 0.137. The number of carbonyl (C=O) groups excluding carboxylic acids is 1. The van der Waals surface area contributed by atoms with Crippen LogP contribution >= 0.6 is 27.3 Å². The molecule has 116 valence electrons. The SMILES string of the molecule is COc1cccc(NCC(=O)N/N=C(/C)c2ccc(Br)s2)c1. The molecule has 5 nitrogen and oxygen atoms in total. The molecule has 22 heavy (non-hydrogen) atoms. The van der Waals surface area contributed by atoms with Crippen LogP contribution < -0.4 is 15.5 Å². The molecule has 0 aliphatic rings. The number of hydrogen-bond donors (Lipinski definition) is 2. The van der Waals surface area contributed by atoms with Crippen molar-refractivity contribution in [1.82, 2.24) is 5.43 Å². The number of hydrogen-bond acceptors (Lipinski definition) is 5. The zero-order chi connectivity index (χ0) is 15.9. The van der Waals surface area contributed by atoms with Crippen LogP contribution in [0, 0.1) is 0 Å². The van der Waals surface area contributed by atoms with E-state index in [0.29, 0.717) is 0 Å². The van der Waals surface area contributed by atoms with Crippen molar-refractivity contribution < 1.29 is 9.53 Å². The first-order valence-electron chi connectivity index (χ1n) is 6.55. The van der Waals surface area contributed by atoms with Gasteiger partial charge in [0.25, 0.3) is 5.91 Å². The lowest BCUT2D eigenvalue weighted by Gasteiger charge is -2.07. The predicted octanol–water partition coefficient (Wildman–Crippen LogP) is 3.47. The highest BCUT2D eigenvalue weighted by molar-refractivity contribution is 9.11. The van der Waals surface area contributed by atoms with E-state index in [4.69, 9.17) is 4.74 Å². The number of methoxy groups -OCH3 is 1. The molecule has 0 bridgehead atoms. The molecular weight excluding hydrogens is 366 g/mol. The van der Waals surface area contributed by atoms with Crippen LogP contribution in [0.15, 0.2) is 45.3 Å². The topological polar surface area (TPSA) is 62.7 Å². The van der Waals surface area contributed by atoms with E-state index < -0.39 is 0 Å². The number of thiophene rings is 1. The Morgan fingerprint density at radius 2 is 2.18 bits per heavy atom. The van der Waals surface area contributed by atoms with Gasteiger partial charge in [-0.3, -0.25) is 4.79 Å². The summed E-state index contributed by atoms with van der Waals surface area (Å²) in [4.78, 5) is 12.8. The number of nitrogens with one attached hydrogen (secondary N) is 2. The van der Waals surface area contributed by atoms with Crippen LogP contribution in [0.2, 0.25) is 0 Å². The number of amides is 1. The van der Waals surface area contributed by atoms with Gasteiger partial charge < -0.3 is 10.1 Å². The van der Waals surface area contributed by atoms with Crippen molar-refractivity contribution >= 4 is 44.6 Å². The lowest BCUT2D eigenvalue weighted by Crippen LogP contribution is -2.26. The van der Waals surface area contributed by atoms with Gasteiger partial charge in [-0.15, -0.1) is 11.3 Å². The number of rotatable bonds is 6. The average Bonchev–Trinajstić information content (AvgIpc) is 2.97. The first-order chi connectivity index (χ1) is 10.6. The second kappa shape index (κ2) is 7.95.